The fourth-order valence-electron chi connectivity index (χ4n) is 8.17. The molecule has 0 aromatic heterocycles. The summed E-state index contributed by atoms with van der Waals surface area (Å²) in [6.45, 7) is -4.31. The first-order chi connectivity index (χ1) is 30.5. The maximum atomic E-state index is 11.3. The van der Waals surface area contributed by atoms with Crippen LogP contribution in [0.25, 0.3) is 0 Å². The van der Waals surface area contributed by atoms with E-state index in [2.05, 4.69) is 0 Å². The van der Waals surface area contributed by atoms with Crippen LogP contribution in [-0.2, 0) is 61.6 Å². The van der Waals surface area contributed by atoms with Crippen molar-refractivity contribution in [3.63, 3.8) is 0 Å². The van der Waals surface area contributed by atoms with Crippen molar-refractivity contribution in [1.29, 1.82) is 0 Å². The maximum Gasteiger partial charge on any atom is 0.187 e. The van der Waals surface area contributed by atoms with E-state index in [1.54, 1.807) is 0 Å². The van der Waals surface area contributed by atoms with Crippen LogP contribution in [0.5, 0.6) is 0 Å². The van der Waals surface area contributed by atoms with Gasteiger partial charge in [-0.25, -0.2) is 0 Å². The first kappa shape index (κ1) is 50.7. The Kier molecular flexibility index (Phi) is 17.1. The molecule has 0 aliphatic carbocycles. The van der Waals surface area contributed by atoms with Gasteiger partial charge >= 0.3 is 0 Å². The van der Waals surface area contributed by atoms with Crippen molar-refractivity contribution in [1.82, 2.24) is 0 Å². The lowest BCUT2D eigenvalue weighted by Crippen LogP contribution is -2.45. The number of hydrogen-bond donors (Lipinski definition) is 16. The molecule has 7 aliphatic heterocycles. The van der Waals surface area contributed by atoms with Crippen LogP contribution in [0.4, 0.5) is 0 Å². The Bertz CT molecular complexity index is 1460. The quantitative estimate of drug-likeness (QED) is 0.0572. The summed E-state index contributed by atoms with van der Waals surface area (Å²) in [6.07, 6.45) is -43.0. The minimum absolute atomic E-state index is 0.527. The van der Waals surface area contributed by atoms with E-state index in [1.165, 1.54) is 0 Å². The lowest BCUT2D eigenvalue weighted by Gasteiger charge is -2.26. The van der Waals surface area contributed by atoms with E-state index in [-0.39, 0.29) is 0 Å². The molecule has 29 heteroatoms. The minimum atomic E-state index is -1.76. The zero-order valence-electron chi connectivity index (χ0n) is 33.6. The number of ether oxygens (including phenoxy) is 13. The van der Waals surface area contributed by atoms with E-state index in [4.69, 9.17) is 61.6 Å². The van der Waals surface area contributed by atoms with Gasteiger partial charge < -0.3 is 143 Å². The van der Waals surface area contributed by atoms with Crippen LogP contribution in [0, 0.1) is 0 Å². The van der Waals surface area contributed by atoms with Crippen LogP contribution in [0.2, 0.25) is 0 Å². The number of rotatable bonds is 19. The van der Waals surface area contributed by atoms with Crippen molar-refractivity contribution in [3.8, 4) is 0 Å². The van der Waals surface area contributed by atoms with Gasteiger partial charge in [0.2, 0.25) is 0 Å². The molecule has 0 saturated carbocycles. The van der Waals surface area contributed by atoms with Crippen molar-refractivity contribution in [2.45, 2.75) is 172 Å². The van der Waals surface area contributed by atoms with E-state index in [0.717, 1.165) is 0 Å². The molecule has 7 rings (SSSR count). The number of aliphatic hydroxyl groups is 16. The van der Waals surface area contributed by atoms with Crippen molar-refractivity contribution in [2.24, 2.45) is 0 Å². The van der Waals surface area contributed by atoms with Crippen LogP contribution >= 0.6 is 0 Å². The summed E-state index contributed by atoms with van der Waals surface area (Å²) in [6, 6.07) is 0. The van der Waals surface area contributed by atoms with Gasteiger partial charge in [0.25, 0.3) is 0 Å². The van der Waals surface area contributed by atoms with Gasteiger partial charge in [-0.3, -0.25) is 0 Å². The maximum absolute atomic E-state index is 11.3. The highest BCUT2D eigenvalue weighted by Gasteiger charge is 2.55. The van der Waals surface area contributed by atoms with Crippen LogP contribution in [0.1, 0.15) is 0 Å². The predicted molar refractivity (Wildman–Crippen MR) is 190 cm³/mol. The van der Waals surface area contributed by atoms with Gasteiger partial charge in [0.1, 0.15) is 128 Å². The average molecular weight is 943 g/mol. The molecule has 0 bridgehead atoms. The summed E-state index contributed by atoms with van der Waals surface area (Å²) in [5.74, 6) is 0. The molecule has 16 N–H and O–H groups in total. The average Bonchev–Trinajstić information content (AvgIpc) is 4.11. The summed E-state index contributed by atoms with van der Waals surface area (Å²) in [4.78, 5) is 0. The molecule has 29 nitrogen and oxygen atoms in total. The highest BCUT2D eigenvalue weighted by molar-refractivity contribution is 4.96. The van der Waals surface area contributed by atoms with Gasteiger partial charge in [-0.15, -0.1) is 0 Å². The van der Waals surface area contributed by atoms with E-state index in [0.29, 0.717) is 0 Å². The van der Waals surface area contributed by atoms with Gasteiger partial charge in [-0.2, -0.15) is 0 Å². The molecule has 0 aromatic carbocycles. The topological polar surface area (TPSA) is 444 Å². The summed E-state index contributed by atoms with van der Waals surface area (Å²) in [5.41, 5.74) is 0. The van der Waals surface area contributed by atoms with E-state index in [1.807, 2.05) is 0 Å². The lowest BCUT2D eigenvalue weighted by molar-refractivity contribution is -0.234. The normalized spacial score (nSPS) is 53.1. The van der Waals surface area contributed by atoms with Crippen molar-refractivity contribution in [3.05, 3.63) is 0 Å². The Labute approximate surface area is 361 Å². The van der Waals surface area contributed by atoms with E-state index >= 15 is 0 Å². The lowest BCUT2D eigenvalue weighted by atomic mass is 10.1. The molecule has 28 atom stereocenters. The molecule has 372 valence electrons. The molecule has 0 amide bonds. The second-order valence-corrected chi connectivity index (χ2v) is 16.3. The van der Waals surface area contributed by atoms with Crippen molar-refractivity contribution >= 4 is 0 Å². The summed E-state index contributed by atoms with van der Waals surface area (Å²) in [5, 5.41) is 164. The second-order valence-electron chi connectivity index (χ2n) is 16.3. The third kappa shape index (κ3) is 10.4. The predicted octanol–water partition coefficient (Wildman–Crippen LogP) is -11.8. The molecule has 7 fully saturated rings. The summed E-state index contributed by atoms with van der Waals surface area (Å²) >= 11 is 0. The van der Waals surface area contributed by atoms with Crippen molar-refractivity contribution in [2.75, 3.05) is 46.2 Å². The Hall–Kier alpha value is -1.16. The van der Waals surface area contributed by atoms with Crippen LogP contribution < -0.4 is 0 Å². The van der Waals surface area contributed by atoms with Gasteiger partial charge in [0.05, 0.1) is 46.2 Å². The fraction of sp³-hybridized carbons (Fsp3) is 1.00. The highest BCUT2D eigenvalue weighted by atomic mass is 16.8. The van der Waals surface area contributed by atoms with Gasteiger partial charge in [-0.1, -0.05) is 0 Å². The number of hydrogen-bond acceptors (Lipinski definition) is 29. The molecule has 7 saturated heterocycles. The fourth-order valence-corrected chi connectivity index (χ4v) is 8.17. The molecule has 0 aromatic rings. The Morgan fingerprint density at radius 2 is 0.531 bits per heavy atom. The molecule has 64 heavy (non-hydrogen) atoms. The molecule has 7 aliphatic rings. The Balaban J connectivity index is 0.964. The van der Waals surface area contributed by atoms with Crippen molar-refractivity contribution < 1.29 is 143 Å². The van der Waals surface area contributed by atoms with Crippen LogP contribution in [-0.4, -0.2) is 300 Å². The molecular formula is C35H58O29. The molecule has 7 heterocycles. The Morgan fingerprint density at radius 1 is 0.266 bits per heavy atom. The first-order valence-corrected chi connectivity index (χ1v) is 20.5. The largest absolute Gasteiger partial charge is 0.394 e. The molecule has 0 spiro atoms. The van der Waals surface area contributed by atoms with Crippen LogP contribution in [0.15, 0.2) is 0 Å². The molecule has 0 radical (unpaired) electrons. The molecule has 1 unspecified atom stereocenters. The minimum Gasteiger partial charge on any atom is -0.394 e. The Morgan fingerprint density at radius 3 is 0.875 bits per heavy atom. The monoisotopic (exact) mass is 942 g/mol. The van der Waals surface area contributed by atoms with E-state index < -0.39 is 218 Å². The van der Waals surface area contributed by atoms with Gasteiger partial charge in [0.15, 0.2) is 44.0 Å². The standard InChI is InChI=1S/C35H58O29/c36-1-8-15(39)21(45)30(57-8)54-6-13-27(63-34-23(47)16(40)9(2-37)58-34)26(50)33(62-13)53-5-12-19(43)22(46)31(60-12)55-7-14-28(64-35-24(48)17(41)10(3-38)59-35)25(49)32(61-14)52-4-11-18(42)20(44)29(51)56-11/h8-51H,1-7H2/t8-,9-,10-,11-,12-,13-,14-,15-,16-,17-,18-,19-,20+,21+,22+,23+,24+,25+,26+,27-,28-,29?,30+,31+,32+,33+,34-,35-/m1/s1. The van der Waals surface area contributed by atoms with Gasteiger partial charge in [-0.05, 0) is 0 Å². The zero-order chi connectivity index (χ0) is 46.3. The highest BCUT2D eigenvalue weighted by Crippen LogP contribution is 2.35. The zero-order valence-corrected chi connectivity index (χ0v) is 33.6. The second kappa shape index (κ2) is 21.6. The smallest absolute Gasteiger partial charge is 0.187 e. The summed E-state index contributed by atoms with van der Waals surface area (Å²) < 4.78 is 72.5. The summed E-state index contributed by atoms with van der Waals surface area (Å²) in [7, 11) is 0. The third-order valence-corrected chi connectivity index (χ3v) is 12.0. The van der Waals surface area contributed by atoms with Crippen LogP contribution in [0.3, 0.4) is 0 Å². The van der Waals surface area contributed by atoms with Gasteiger partial charge in [0, 0.05) is 0 Å². The molecular weight excluding hydrogens is 884 g/mol. The van der Waals surface area contributed by atoms with E-state index in [9.17, 15) is 81.7 Å². The third-order valence-electron chi connectivity index (χ3n) is 12.0. The number of aliphatic hydroxyl groups excluding tert-OH is 16. The SMILES string of the molecule is OC[C@H]1O[C@H](OC[C@H]2O[C@H](OC[C@H]3O[C@H](OC[C@H]4O[C@H](OC[C@H]5OC(O)[C@@H](O)[C@@H]5O)[C@@H](O)[C@@H]4O[C@H]4O[C@H](CO)[C@@H](O)[C@@H]4O)[C@@H](O)[C@@H]3O)[C@@H](O)[C@@H]2O[C@H]2O[C@H](CO)[C@@H](O)[C@@H]2O)[C@@H](O)[C@@H]1O. The first-order valence-electron chi connectivity index (χ1n) is 20.5.